The Morgan fingerprint density at radius 1 is 1.56 bits per heavy atom. The molecule has 0 atom stereocenters. The average Bonchev–Trinajstić information content (AvgIpc) is 2.31. The largest absolute Gasteiger partial charge is 0.395 e. The third-order valence-corrected chi connectivity index (χ3v) is 3.61. The lowest BCUT2D eigenvalue weighted by atomic mass is 10.2. The average molecular weight is 269 g/mol. The second-order valence-corrected chi connectivity index (χ2v) is 5.40. The molecule has 1 aromatic heterocycles. The third-order valence-electron chi connectivity index (χ3n) is 2.14. The number of sulfonamides is 1. The number of anilines is 2. The Labute approximate surface area is 106 Å². The minimum Gasteiger partial charge on any atom is -0.395 e. The van der Waals surface area contributed by atoms with Gasteiger partial charge >= 0.3 is 0 Å². The highest BCUT2D eigenvalue weighted by atomic mass is 32.2. The maximum atomic E-state index is 11.4. The van der Waals surface area contributed by atoms with Crippen LogP contribution in [0.1, 0.15) is 12.5 Å². The first-order valence-electron chi connectivity index (χ1n) is 5.36. The number of nitrogen functional groups attached to an aromatic ring is 1. The summed E-state index contributed by atoms with van der Waals surface area (Å²) in [6.07, 6.45) is 1.44. The molecule has 98 valence electrons. The number of nitrogens with two attached hydrogens (primary N) is 1. The molecule has 1 heterocycles. The second-order valence-electron chi connectivity index (χ2n) is 3.48. The van der Waals surface area contributed by atoms with E-state index < -0.39 is 10.0 Å². The van der Waals surface area contributed by atoms with Gasteiger partial charge in [0.15, 0.2) is 5.82 Å². The first-order chi connectivity index (χ1) is 8.50. The van der Waals surface area contributed by atoms with Gasteiger partial charge in [-0.25, -0.2) is 18.1 Å². The molecule has 0 bridgehead atoms. The lowest BCUT2D eigenvalue weighted by Crippen LogP contribution is -2.29. The van der Waals surface area contributed by atoms with E-state index in [0.29, 0.717) is 17.9 Å². The van der Waals surface area contributed by atoms with E-state index in [1.54, 1.807) is 6.92 Å². The number of nitrogens with one attached hydrogen (secondary N) is 2. The number of pyridine rings is 1. The van der Waals surface area contributed by atoms with Crippen LogP contribution in [0.2, 0.25) is 0 Å². The lowest BCUT2D eigenvalue weighted by molar-refractivity contribution is 0.584. The van der Waals surface area contributed by atoms with E-state index in [0.717, 1.165) is 0 Å². The molecule has 1 rings (SSSR count). The van der Waals surface area contributed by atoms with E-state index in [-0.39, 0.29) is 18.0 Å². The molecule has 0 saturated heterocycles. The molecular formula is C10H15N5O2S. The van der Waals surface area contributed by atoms with Gasteiger partial charge in [-0.3, -0.25) is 0 Å². The molecule has 8 heteroatoms. The monoisotopic (exact) mass is 269 g/mol. The van der Waals surface area contributed by atoms with E-state index in [1.165, 1.54) is 12.3 Å². The number of nitriles is 1. The Bertz CT molecular complexity index is 550. The highest BCUT2D eigenvalue weighted by Gasteiger charge is 2.09. The van der Waals surface area contributed by atoms with Crippen LogP contribution in [0.25, 0.3) is 0 Å². The highest BCUT2D eigenvalue weighted by Crippen LogP contribution is 2.18. The molecule has 0 unspecified atom stereocenters. The standard InChI is InChI=1S/C10H15N5O2S/c1-2-15-18(16,17)6-5-14-10-9(12)8(7-11)3-4-13-10/h3-4,15H,2,5-6,12H2,1H3,(H,13,14). The zero-order valence-corrected chi connectivity index (χ0v) is 10.8. The van der Waals surface area contributed by atoms with Crippen LogP contribution in [0.5, 0.6) is 0 Å². The van der Waals surface area contributed by atoms with Crippen molar-refractivity contribution in [2.45, 2.75) is 6.92 Å². The molecule has 4 N–H and O–H groups in total. The highest BCUT2D eigenvalue weighted by molar-refractivity contribution is 7.89. The van der Waals surface area contributed by atoms with Crippen LogP contribution >= 0.6 is 0 Å². The van der Waals surface area contributed by atoms with Gasteiger partial charge in [-0.1, -0.05) is 6.92 Å². The van der Waals surface area contributed by atoms with Gasteiger partial charge in [0.1, 0.15) is 6.07 Å². The molecular weight excluding hydrogens is 254 g/mol. The van der Waals surface area contributed by atoms with Gasteiger partial charge in [0.2, 0.25) is 10.0 Å². The predicted molar refractivity (Wildman–Crippen MR) is 69.3 cm³/mol. The summed E-state index contributed by atoms with van der Waals surface area (Å²) in [7, 11) is -3.28. The van der Waals surface area contributed by atoms with Gasteiger partial charge < -0.3 is 11.1 Å². The van der Waals surface area contributed by atoms with Crippen LogP contribution in [0.15, 0.2) is 12.3 Å². The normalized spacial score (nSPS) is 10.9. The third kappa shape index (κ3) is 3.87. The number of aromatic nitrogens is 1. The number of nitrogens with zero attached hydrogens (tertiary/aromatic N) is 2. The quantitative estimate of drug-likeness (QED) is 0.662. The zero-order valence-electron chi connectivity index (χ0n) is 9.97. The van der Waals surface area contributed by atoms with Crippen LogP contribution in [-0.2, 0) is 10.0 Å². The molecule has 0 aromatic carbocycles. The Kier molecular flexibility index (Phi) is 4.88. The first kappa shape index (κ1) is 14.2. The zero-order chi connectivity index (χ0) is 13.6. The summed E-state index contributed by atoms with van der Waals surface area (Å²) < 4.78 is 25.1. The van der Waals surface area contributed by atoms with Crippen LogP contribution < -0.4 is 15.8 Å². The van der Waals surface area contributed by atoms with Crippen LogP contribution in [0, 0.1) is 11.3 Å². The van der Waals surface area contributed by atoms with Gasteiger partial charge in [0.25, 0.3) is 0 Å². The minimum atomic E-state index is -3.28. The first-order valence-corrected chi connectivity index (χ1v) is 7.01. The van der Waals surface area contributed by atoms with Crippen molar-refractivity contribution in [1.82, 2.24) is 9.71 Å². The lowest BCUT2D eigenvalue weighted by Gasteiger charge is -2.09. The Morgan fingerprint density at radius 2 is 2.28 bits per heavy atom. The van der Waals surface area contributed by atoms with Crippen molar-refractivity contribution in [3.63, 3.8) is 0 Å². The molecule has 0 radical (unpaired) electrons. The molecule has 0 spiro atoms. The molecule has 0 fully saturated rings. The van der Waals surface area contributed by atoms with Crippen LogP contribution in [0.4, 0.5) is 11.5 Å². The fourth-order valence-electron chi connectivity index (χ4n) is 1.31. The maximum Gasteiger partial charge on any atom is 0.213 e. The summed E-state index contributed by atoms with van der Waals surface area (Å²) in [5.41, 5.74) is 6.22. The molecule has 0 aliphatic carbocycles. The summed E-state index contributed by atoms with van der Waals surface area (Å²) in [5.74, 6) is 0.236. The second kappa shape index (κ2) is 6.18. The topological polar surface area (TPSA) is 121 Å². The van der Waals surface area contributed by atoms with Crippen molar-refractivity contribution >= 4 is 21.5 Å². The van der Waals surface area contributed by atoms with Crippen molar-refractivity contribution in [1.29, 1.82) is 5.26 Å². The number of hydrogen-bond acceptors (Lipinski definition) is 6. The van der Waals surface area contributed by atoms with Crippen molar-refractivity contribution in [2.75, 3.05) is 29.9 Å². The van der Waals surface area contributed by atoms with E-state index in [1.807, 2.05) is 6.07 Å². The van der Waals surface area contributed by atoms with Crippen molar-refractivity contribution in [3.05, 3.63) is 17.8 Å². The van der Waals surface area contributed by atoms with Crippen molar-refractivity contribution in [2.24, 2.45) is 0 Å². The predicted octanol–water partition coefficient (Wildman–Crippen LogP) is -0.113. The summed E-state index contributed by atoms with van der Waals surface area (Å²) in [4.78, 5) is 3.95. The molecule has 0 amide bonds. The fourth-order valence-corrected chi connectivity index (χ4v) is 2.26. The minimum absolute atomic E-state index is 0.0846. The number of hydrogen-bond donors (Lipinski definition) is 3. The maximum absolute atomic E-state index is 11.4. The van der Waals surface area contributed by atoms with Crippen LogP contribution in [-0.4, -0.2) is 32.2 Å². The van der Waals surface area contributed by atoms with Crippen molar-refractivity contribution < 1.29 is 8.42 Å². The summed E-state index contributed by atoms with van der Waals surface area (Å²) >= 11 is 0. The van der Waals surface area contributed by atoms with Gasteiger partial charge in [-0.2, -0.15) is 5.26 Å². The summed E-state index contributed by atoms with van der Waals surface area (Å²) in [5, 5.41) is 11.6. The number of rotatable bonds is 6. The smallest absolute Gasteiger partial charge is 0.213 e. The molecule has 0 aliphatic rings. The molecule has 0 saturated carbocycles. The van der Waals surface area contributed by atoms with Crippen molar-refractivity contribution in [3.8, 4) is 6.07 Å². The van der Waals surface area contributed by atoms with E-state index in [9.17, 15) is 8.42 Å². The van der Waals surface area contributed by atoms with Gasteiger partial charge in [-0.05, 0) is 6.07 Å². The fraction of sp³-hybridized carbons (Fsp3) is 0.400. The van der Waals surface area contributed by atoms with Gasteiger partial charge in [0, 0.05) is 19.3 Å². The van der Waals surface area contributed by atoms with E-state index in [2.05, 4.69) is 15.0 Å². The summed E-state index contributed by atoms with van der Waals surface area (Å²) in [6.45, 7) is 2.23. The van der Waals surface area contributed by atoms with Gasteiger partial charge in [-0.15, -0.1) is 0 Å². The Balaban J connectivity index is 2.63. The SMILES string of the molecule is CCNS(=O)(=O)CCNc1nccc(C#N)c1N. The molecule has 0 aliphatic heterocycles. The van der Waals surface area contributed by atoms with Crippen LogP contribution in [0.3, 0.4) is 0 Å². The van der Waals surface area contributed by atoms with Gasteiger partial charge in [0.05, 0.1) is 17.0 Å². The Morgan fingerprint density at radius 3 is 2.89 bits per heavy atom. The Hall–Kier alpha value is -1.85. The molecule has 7 nitrogen and oxygen atoms in total. The van der Waals surface area contributed by atoms with E-state index in [4.69, 9.17) is 11.0 Å². The molecule has 1 aromatic rings. The summed E-state index contributed by atoms with van der Waals surface area (Å²) in [6, 6.07) is 3.42. The molecule has 18 heavy (non-hydrogen) atoms. The van der Waals surface area contributed by atoms with E-state index >= 15 is 0 Å².